The Bertz CT molecular complexity index is 451. The lowest BCUT2D eigenvalue weighted by atomic mass is 10.3. The van der Waals surface area contributed by atoms with Crippen LogP contribution in [-0.4, -0.2) is 15.1 Å². The zero-order valence-corrected chi connectivity index (χ0v) is 9.60. The summed E-state index contributed by atoms with van der Waals surface area (Å²) in [5.74, 6) is 0.865. The predicted octanol–water partition coefficient (Wildman–Crippen LogP) is 1.91. The molecule has 0 aliphatic carbocycles. The van der Waals surface area contributed by atoms with Crippen molar-refractivity contribution in [2.24, 2.45) is 5.73 Å². The highest BCUT2D eigenvalue weighted by Crippen LogP contribution is 2.17. The van der Waals surface area contributed by atoms with E-state index in [1.165, 1.54) is 0 Å². The summed E-state index contributed by atoms with van der Waals surface area (Å²) in [4.78, 5) is 8.28. The number of hydrogen-bond donors (Lipinski definition) is 1. The molecule has 0 saturated heterocycles. The average Bonchev–Trinajstić information content (AvgIpc) is 2.68. The fourth-order valence-electron chi connectivity index (χ4n) is 1.03. The fraction of sp³-hybridized carbons (Fsp3) is 0.222. The van der Waals surface area contributed by atoms with Gasteiger partial charge in [0.05, 0.1) is 6.04 Å². The van der Waals surface area contributed by atoms with Crippen LogP contribution >= 0.6 is 15.9 Å². The Kier molecular flexibility index (Phi) is 2.79. The summed E-state index contributed by atoms with van der Waals surface area (Å²) in [5.41, 5.74) is 6.27. The molecular weight excluding hydrogens is 260 g/mol. The highest BCUT2D eigenvalue weighted by molar-refractivity contribution is 9.10. The molecule has 0 bridgehead atoms. The molecule has 0 saturated carbocycles. The molecule has 0 unspecified atom stereocenters. The second-order valence-corrected chi connectivity index (χ2v) is 4.02. The van der Waals surface area contributed by atoms with Crippen LogP contribution in [0.3, 0.4) is 0 Å². The number of nitrogens with two attached hydrogens (primary N) is 1. The van der Waals surface area contributed by atoms with E-state index in [-0.39, 0.29) is 6.04 Å². The summed E-state index contributed by atoms with van der Waals surface area (Å²) in [5, 5.41) is 3.79. The van der Waals surface area contributed by atoms with Gasteiger partial charge < -0.3 is 10.3 Å². The van der Waals surface area contributed by atoms with Crippen molar-refractivity contribution in [1.82, 2.24) is 15.1 Å². The van der Waals surface area contributed by atoms with Crippen molar-refractivity contribution in [2.75, 3.05) is 0 Å². The van der Waals surface area contributed by atoms with Gasteiger partial charge >= 0.3 is 0 Å². The van der Waals surface area contributed by atoms with E-state index in [4.69, 9.17) is 10.3 Å². The van der Waals surface area contributed by atoms with E-state index in [9.17, 15) is 0 Å². The summed E-state index contributed by atoms with van der Waals surface area (Å²) >= 11 is 3.30. The maximum Gasteiger partial charge on any atom is 0.243 e. The Morgan fingerprint density at radius 2 is 2.27 bits per heavy atom. The van der Waals surface area contributed by atoms with Crippen LogP contribution in [0.15, 0.2) is 27.3 Å². The van der Waals surface area contributed by atoms with Crippen molar-refractivity contribution in [3.63, 3.8) is 0 Å². The van der Waals surface area contributed by atoms with Crippen LogP contribution in [0.1, 0.15) is 18.9 Å². The van der Waals surface area contributed by atoms with Gasteiger partial charge in [-0.15, -0.1) is 0 Å². The molecular formula is C9H9BrN4O. The molecule has 0 amide bonds. The van der Waals surface area contributed by atoms with E-state index in [1.54, 1.807) is 19.2 Å². The number of halogens is 1. The topological polar surface area (TPSA) is 77.8 Å². The lowest BCUT2D eigenvalue weighted by Gasteiger charge is -1.94. The summed E-state index contributed by atoms with van der Waals surface area (Å²) in [7, 11) is 0. The molecule has 0 aliphatic heterocycles. The number of nitrogens with zero attached hydrogens (tertiary/aromatic N) is 3. The van der Waals surface area contributed by atoms with Gasteiger partial charge in [-0.2, -0.15) is 4.98 Å². The smallest absolute Gasteiger partial charge is 0.243 e. The maximum atomic E-state index is 5.61. The van der Waals surface area contributed by atoms with Crippen LogP contribution in [0, 0.1) is 0 Å². The Hall–Kier alpha value is -1.27. The number of rotatable bonds is 2. The molecule has 2 aromatic heterocycles. The van der Waals surface area contributed by atoms with Crippen LogP contribution in [0.25, 0.3) is 11.5 Å². The van der Waals surface area contributed by atoms with Crippen molar-refractivity contribution in [3.8, 4) is 11.5 Å². The SMILES string of the molecule is C[C@@H](N)c1nc(-c2ccc(Br)cn2)no1. The van der Waals surface area contributed by atoms with E-state index < -0.39 is 0 Å². The quantitative estimate of drug-likeness (QED) is 0.901. The van der Waals surface area contributed by atoms with Crippen LogP contribution in [0.2, 0.25) is 0 Å². The minimum absolute atomic E-state index is 0.262. The van der Waals surface area contributed by atoms with Crippen molar-refractivity contribution < 1.29 is 4.52 Å². The van der Waals surface area contributed by atoms with Gasteiger partial charge in [-0.05, 0) is 35.0 Å². The zero-order valence-electron chi connectivity index (χ0n) is 8.01. The minimum Gasteiger partial charge on any atom is -0.337 e. The first-order valence-electron chi connectivity index (χ1n) is 4.38. The Balaban J connectivity index is 2.33. The third-order valence-electron chi connectivity index (χ3n) is 1.79. The van der Waals surface area contributed by atoms with Crippen LogP contribution < -0.4 is 5.73 Å². The van der Waals surface area contributed by atoms with E-state index in [2.05, 4.69) is 31.1 Å². The molecule has 2 rings (SSSR count). The second-order valence-electron chi connectivity index (χ2n) is 3.11. The Labute approximate surface area is 94.8 Å². The molecule has 0 spiro atoms. The Morgan fingerprint density at radius 3 is 2.80 bits per heavy atom. The van der Waals surface area contributed by atoms with E-state index in [0.717, 1.165) is 4.47 Å². The maximum absolute atomic E-state index is 5.61. The highest BCUT2D eigenvalue weighted by Gasteiger charge is 2.12. The number of hydrogen-bond acceptors (Lipinski definition) is 5. The van der Waals surface area contributed by atoms with Gasteiger partial charge in [0.15, 0.2) is 0 Å². The van der Waals surface area contributed by atoms with Gasteiger partial charge in [-0.3, -0.25) is 4.98 Å². The lowest BCUT2D eigenvalue weighted by molar-refractivity contribution is 0.362. The molecule has 0 radical (unpaired) electrons. The number of aromatic nitrogens is 3. The molecule has 2 N–H and O–H groups in total. The van der Waals surface area contributed by atoms with E-state index in [0.29, 0.717) is 17.4 Å². The molecule has 0 fully saturated rings. The zero-order chi connectivity index (χ0) is 10.8. The van der Waals surface area contributed by atoms with Crippen molar-refractivity contribution in [3.05, 3.63) is 28.7 Å². The largest absolute Gasteiger partial charge is 0.337 e. The molecule has 6 heteroatoms. The van der Waals surface area contributed by atoms with Gasteiger partial charge in [0, 0.05) is 10.7 Å². The van der Waals surface area contributed by atoms with Crippen LogP contribution in [0.5, 0.6) is 0 Å². The van der Waals surface area contributed by atoms with Crippen LogP contribution in [-0.2, 0) is 0 Å². The first kappa shape index (κ1) is 10.3. The highest BCUT2D eigenvalue weighted by atomic mass is 79.9. The van der Waals surface area contributed by atoms with Crippen LogP contribution in [0.4, 0.5) is 0 Å². The molecule has 2 aromatic rings. The fourth-order valence-corrected chi connectivity index (χ4v) is 1.27. The van der Waals surface area contributed by atoms with Gasteiger partial charge in [0.2, 0.25) is 11.7 Å². The standard InChI is InChI=1S/C9H9BrN4O/c1-5(11)9-13-8(14-15-9)7-3-2-6(10)4-12-7/h2-5H,11H2,1H3/t5-/m1/s1. The first-order chi connectivity index (χ1) is 7.16. The first-order valence-corrected chi connectivity index (χ1v) is 5.17. The monoisotopic (exact) mass is 268 g/mol. The molecule has 1 atom stereocenters. The van der Waals surface area contributed by atoms with Crippen molar-refractivity contribution >= 4 is 15.9 Å². The van der Waals surface area contributed by atoms with Crippen molar-refractivity contribution in [2.45, 2.75) is 13.0 Å². The third-order valence-corrected chi connectivity index (χ3v) is 2.26. The molecule has 0 aliphatic rings. The summed E-state index contributed by atoms with van der Waals surface area (Å²) in [6, 6.07) is 3.41. The molecule has 0 aromatic carbocycles. The number of pyridine rings is 1. The molecule has 2 heterocycles. The van der Waals surface area contributed by atoms with Gasteiger partial charge in [-0.1, -0.05) is 5.16 Å². The summed E-state index contributed by atoms with van der Waals surface area (Å²) < 4.78 is 5.88. The van der Waals surface area contributed by atoms with Crippen molar-refractivity contribution in [1.29, 1.82) is 0 Å². The third kappa shape index (κ3) is 2.21. The molecule has 78 valence electrons. The second kappa shape index (κ2) is 4.08. The van der Waals surface area contributed by atoms with Gasteiger partial charge in [0.25, 0.3) is 0 Å². The average molecular weight is 269 g/mol. The Morgan fingerprint density at radius 1 is 1.47 bits per heavy atom. The van der Waals surface area contributed by atoms with E-state index in [1.807, 2.05) is 6.07 Å². The lowest BCUT2D eigenvalue weighted by Crippen LogP contribution is -2.04. The van der Waals surface area contributed by atoms with Gasteiger partial charge in [0.1, 0.15) is 5.69 Å². The minimum atomic E-state index is -0.262. The molecule has 5 nitrogen and oxygen atoms in total. The van der Waals surface area contributed by atoms with E-state index >= 15 is 0 Å². The molecule has 15 heavy (non-hydrogen) atoms. The normalized spacial score (nSPS) is 12.7. The predicted molar refractivity (Wildman–Crippen MR) is 57.8 cm³/mol. The summed E-state index contributed by atoms with van der Waals surface area (Å²) in [6.07, 6.45) is 1.68. The van der Waals surface area contributed by atoms with Gasteiger partial charge in [-0.25, -0.2) is 0 Å². The summed E-state index contributed by atoms with van der Waals surface area (Å²) in [6.45, 7) is 1.78.